The van der Waals surface area contributed by atoms with Crippen molar-refractivity contribution in [3.8, 4) is 11.3 Å². The lowest BCUT2D eigenvalue weighted by molar-refractivity contribution is 0.0792. The van der Waals surface area contributed by atoms with Crippen molar-refractivity contribution in [2.75, 3.05) is 13.1 Å². The molecule has 0 saturated carbocycles. The van der Waals surface area contributed by atoms with Gasteiger partial charge in [-0.2, -0.15) is 5.10 Å². The van der Waals surface area contributed by atoms with E-state index in [0.717, 1.165) is 22.3 Å². The summed E-state index contributed by atoms with van der Waals surface area (Å²) >= 11 is 0. The maximum atomic E-state index is 13.2. The average Bonchev–Trinajstić information content (AvgIpc) is 2.95. The van der Waals surface area contributed by atoms with Gasteiger partial charge >= 0.3 is 0 Å². The first-order chi connectivity index (χ1) is 12.6. The Morgan fingerprint density at radius 1 is 1.19 bits per heavy atom. The zero-order valence-corrected chi connectivity index (χ0v) is 15.1. The highest BCUT2D eigenvalue weighted by molar-refractivity contribution is 6.07. The van der Waals surface area contributed by atoms with Crippen molar-refractivity contribution < 1.29 is 4.79 Å². The first kappa shape index (κ1) is 17.6. The predicted octanol–water partition coefficient (Wildman–Crippen LogP) is 3.76. The summed E-state index contributed by atoms with van der Waals surface area (Å²) < 4.78 is 1.72. The Labute approximate surface area is 153 Å². The fourth-order valence-electron chi connectivity index (χ4n) is 3.09. The van der Waals surface area contributed by atoms with Crippen molar-refractivity contribution in [2.45, 2.75) is 6.92 Å². The highest BCUT2D eigenvalue weighted by atomic mass is 16.2. The van der Waals surface area contributed by atoms with Crippen molar-refractivity contribution in [3.05, 3.63) is 73.0 Å². The standard InChI is InChI=1S/C21H22N4O/c1-5-12-25(13-6-2)21(26)17-14-18(16-10-8-7-9-11-16)22-20-19(17)15(3)23-24(20)4/h5-11,14H,1-2,12-13H2,3-4H3. The van der Waals surface area contributed by atoms with E-state index in [4.69, 9.17) is 4.98 Å². The molecule has 5 nitrogen and oxygen atoms in total. The van der Waals surface area contributed by atoms with Gasteiger partial charge in [-0.05, 0) is 13.0 Å². The number of rotatable bonds is 6. The van der Waals surface area contributed by atoms with E-state index >= 15 is 0 Å². The van der Waals surface area contributed by atoms with E-state index in [1.54, 1.807) is 21.7 Å². The number of aromatic nitrogens is 3. The van der Waals surface area contributed by atoms with Gasteiger partial charge in [0.15, 0.2) is 5.65 Å². The number of carbonyl (C=O) groups excluding carboxylic acids is 1. The van der Waals surface area contributed by atoms with Crippen LogP contribution in [0.1, 0.15) is 16.1 Å². The molecule has 0 saturated heterocycles. The van der Waals surface area contributed by atoms with Crippen LogP contribution in [0, 0.1) is 6.92 Å². The van der Waals surface area contributed by atoms with Crippen LogP contribution >= 0.6 is 0 Å². The highest BCUT2D eigenvalue weighted by Gasteiger charge is 2.22. The molecule has 1 aromatic carbocycles. The molecule has 132 valence electrons. The Morgan fingerprint density at radius 3 is 2.46 bits per heavy atom. The fraction of sp³-hybridized carbons (Fsp3) is 0.190. The molecule has 0 fully saturated rings. The van der Waals surface area contributed by atoms with Gasteiger partial charge in [0.05, 0.1) is 22.3 Å². The van der Waals surface area contributed by atoms with E-state index in [2.05, 4.69) is 18.3 Å². The van der Waals surface area contributed by atoms with E-state index in [-0.39, 0.29) is 5.91 Å². The maximum absolute atomic E-state index is 13.2. The zero-order valence-electron chi connectivity index (χ0n) is 15.1. The monoisotopic (exact) mass is 346 g/mol. The smallest absolute Gasteiger partial charge is 0.255 e. The molecule has 0 aliphatic rings. The van der Waals surface area contributed by atoms with Gasteiger partial charge in [0.2, 0.25) is 0 Å². The zero-order chi connectivity index (χ0) is 18.7. The van der Waals surface area contributed by atoms with Gasteiger partial charge < -0.3 is 4.90 Å². The van der Waals surface area contributed by atoms with Crippen LogP contribution in [-0.4, -0.2) is 38.7 Å². The molecule has 0 aliphatic carbocycles. The summed E-state index contributed by atoms with van der Waals surface area (Å²) in [6, 6.07) is 11.7. The van der Waals surface area contributed by atoms with Crippen molar-refractivity contribution in [1.82, 2.24) is 19.7 Å². The molecule has 5 heteroatoms. The third-order valence-electron chi connectivity index (χ3n) is 4.25. The summed E-state index contributed by atoms with van der Waals surface area (Å²) in [6.45, 7) is 10.3. The molecule has 3 aromatic rings. The molecule has 0 N–H and O–H groups in total. The third kappa shape index (κ3) is 3.16. The van der Waals surface area contributed by atoms with Gasteiger partial charge in [0.1, 0.15) is 0 Å². The van der Waals surface area contributed by atoms with Gasteiger partial charge in [-0.3, -0.25) is 9.48 Å². The molecule has 0 unspecified atom stereocenters. The quantitative estimate of drug-likeness (QED) is 0.639. The van der Waals surface area contributed by atoms with Crippen LogP contribution in [0.2, 0.25) is 0 Å². The summed E-state index contributed by atoms with van der Waals surface area (Å²) in [4.78, 5) is 19.7. The van der Waals surface area contributed by atoms with E-state index in [9.17, 15) is 4.79 Å². The summed E-state index contributed by atoms with van der Waals surface area (Å²) in [6.07, 6.45) is 3.43. The number of fused-ring (bicyclic) bond motifs is 1. The van der Waals surface area contributed by atoms with Gasteiger partial charge in [-0.1, -0.05) is 42.5 Å². The molecule has 1 amide bonds. The molecule has 3 rings (SSSR count). The van der Waals surface area contributed by atoms with Crippen molar-refractivity contribution >= 4 is 16.9 Å². The summed E-state index contributed by atoms with van der Waals surface area (Å²) in [5, 5.41) is 5.25. The molecule has 2 heterocycles. The topological polar surface area (TPSA) is 51.0 Å². The number of nitrogens with zero attached hydrogens (tertiary/aromatic N) is 4. The van der Waals surface area contributed by atoms with E-state index < -0.39 is 0 Å². The number of carbonyl (C=O) groups is 1. The maximum Gasteiger partial charge on any atom is 0.255 e. The first-order valence-corrected chi connectivity index (χ1v) is 8.47. The summed E-state index contributed by atoms with van der Waals surface area (Å²) in [7, 11) is 1.84. The van der Waals surface area contributed by atoms with E-state index in [1.807, 2.05) is 50.4 Å². The molecule has 0 radical (unpaired) electrons. The van der Waals surface area contributed by atoms with Crippen molar-refractivity contribution in [2.24, 2.45) is 7.05 Å². The van der Waals surface area contributed by atoms with Crippen LogP contribution in [0.15, 0.2) is 61.7 Å². The minimum atomic E-state index is -0.0783. The minimum absolute atomic E-state index is 0.0783. The van der Waals surface area contributed by atoms with Crippen LogP contribution in [-0.2, 0) is 7.05 Å². The number of aryl methyl sites for hydroxylation is 2. The van der Waals surface area contributed by atoms with Crippen LogP contribution < -0.4 is 0 Å². The molecular formula is C21H22N4O. The number of benzene rings is 1. The van der Waals surface area contributed by atoms with E-state index in [0.29, 0.717) is 24.3 Å². The molecule has 0 bridgehead atoms. The lowest BCUT2D eigenvalue weighted by Gasteiger charge is -2.20. The number of amides is 1. The molecule has 0 aliphatic heterocycles. The predicted molar refractivity (Wildman–Crippen MR) is 105 cm³/mol. The van der Waals surface area contributed by atoms with Gasteiger partial charge in [0.25, 0.3) is 5.91 Å². The first-order valence-electron chi connectivity index (χ1n) is 8.47. The Bertz CT molecular complexity index is 963. The second-order valence-corrected chi connectivity index (χ2v) is 6.12. The Hall–Kier alpha value is -3.21. The second kappa shape index (κ2) is 7.35. The Balaban J connectivity index is 2.23. The van der Waals surface area contributed by atoms with Crippen molar-refractivity contribution in [3.63, 3.8) is 0 Å². The Morgan fingerprint density at radius 2 is 1.85 bits per heavy atom. The highest BCUT2D eigenvalue weighted by Crippen LogP contribution is 2.27. The lowest BCUT2D eigenvalue weighted by atomic mass is 10.0. The molecular weight excluding hydrogens is 324 g/mol. The number of hydrogen-bond acceptors (Lipinski definition) is 3. The lowest BCUT2D eigenvalue weighted by Crippen LogP contribution is -2.31. The van der Waals surface area contributed by atoms with Gasteiger partial charge in [0, 0.05) is 25.7 Å². The third-order valence-corrected chi connectivity index (χ3v) is 4.25. The van der Waals surface area contributed by atoms with Crippen molar-refractivity contribution in [1.29, 1.82) is 0 Å². The largest absolute Gasteiger partial charge is 0.331 e. The minimum Gasteiger partial charge on any atom is -0.331 e. The van der Waals surface area contributed by atoms with Gasteiger partial charge in [-0.25, -0.2) is 4.98 Å². The van der Waals surface area contributed by atoms with Crippen LogP contribution in [0.25, 0.3) is 22.3 Å². The van der Waals surface area contributed by atoms with E-state index in [1.165, 1.54) is 0 Å². The average molecular weight is 346 g/mol. The van der Waals surface area contributed by atoms with Crippen LogP contribution in [0.5, 0.6) is 0 Å². The number of hydrogen-bond donors (Lipinski definition) is 0. The normalized spacial score (nSPS) is 10.7. The Kier molecular flexibility index (Phi) is 4.98. The van der Waals surface area contributed by atoms with Gasteiger partial charge in [-0.15, -0.1) is 13.2 Å². The van der Waals surface area contributed by atoms with Crippen LogP contribution in [0.3, 0.4) is 0 Å². The fourth-order valence-corrected chi connectivity index (χ4v) is 3.09. The van der Waals surface area contributed by atoms with Crippen LogP contribution in [0.4, 0.5) is 0 Å². The SMILES string of the molecule is C=CCN(CC=C)C(=O)c1cc(-c2ccccc2)nc2c1c(C)nn2C. The number of pyridine rings is 1. The summed E-state index contributed by atoms with van der Waals surface area (Å²) in [5.41, 5.74) is 3.80. The summed E-state index contributed by atoms with van der Waals surface area (Å²) in [5.74, 6) is -0.0783. The molecule has 2 aromatic heterocycles. The second-order valence-electron chi connectivity index (χ2n) is 6.12. The molecule has 0 spiro atoms. The molecule has 0 atom stereocenters. The molecule has 26 heavy (non-hydrogen) atoms.